The van der Waals surface area contributed by atoms with Gasteiger partial charge in [0.2, 0.25) is 0 Å². The molecule has 0 atom stereocenters. The first-order valence-electron chi connectivity index (χ1n) is 6.21. The largest absolute Gasteiger partial charge is 0.397 e. The average Bonchev–Trinajstić information content (AvgIpc) is 2.44. The van der Waals surface area contributed by atoms with Crippen molar-refractivity contribution in [2.75, 3.05) is 25.1 Å². The molecule has 0 aliphatic carbocycles. The Labute approximate surface area is 127 Å². The molecule has 2 aromatic carbocycles. The molecule has 0 aromatic heterocycles. The van der Waals surface area contributed by atoms with Gasteiger partial charge in [-0.3, -0.25) is 4.79 Å². The number of hydrogen-bond acceptors (Lipinski definition) is 3. The average molecular weight is 308 g/mol. The SMILES string of the molecule is CN(C)C(=O)c1ccc(Nc2ccc(F)c(Cl)c2)c(N)c1. The molecule has 0 fully saturated rings. The fraction of sp³-hybridized carbons (Fsp3) is 0.133. The summed E-state index contributed by atoms with van der Waals surface area (Å²) in [6.07, 6.45) is 0. The third-order valence-corrected chi connectivity index (χ3v) is 3.19. The molecule has 110 valence electrons. The van der Waals surface area contributed by atoms with Crippen LogP contribution in [-0.2, 0) is 0 Å². The van der Waals surface area contributed by atoms with E-state index in [0.29, 0.717) is 22.6 Å². The quantitative estimate of drug-likeness (QED) is 0.853. The number of carbonyl (C=O) groups excluding carboxylic acids is 1. The summed E-state index contributed by atoms with van der Waals surface area (Å²) in [6, 6.07) is 9.25. The van der Waals surface area contributed by atoms with Crippen LogP contribution in [-0.4, -0.2) is 24.9 Å². The van der Waals surface area contributed by atoms with Gasteiger partial charge in [-0.2, -0.15) is 0 Å². The molecule has 0 radical (unpaired) electrons. The van der Waals surface area contributed by atoms with E-state index >= 15 is 0 Å². The lowest BCUT2D eigenvalue weighted by Gasteiger charge is -2.13. The summed E-state index contributed by atoms with van der Waals surface area (Å²) < 4.78 is 13.1. The summed E-state index contributed by atoms with van der Waals surface area (Å²) in [7, 11) is 3.34. The van der Waals surface area contributed by atoms with E-state index in [-0.39, 0.29) is 10.9 Å². The van der Waals surface area contributed by atoms with E-state index in [0.717, 1.165) is 0 Å². The molecule has 0 unspecified atom stereocenters. The summed E-state index contributed by atoms with van der Waals surface area (Å²) in [5.74, 6) is -0.611. The molecule has 0 saturated carbocycles. The van der Waals surface area contributed by atoms with Gasteiger partial charge >= 0.3 is 0 Å². The number of nitrogens with zero attached hydrogens (tertiary/aromatic N) is 1. The van der Waals surface area contributed by atoms with Crippen LogP contribution < -0.4 is 11.1 Å². The summed E-state index contributed by atoms with van der Waals surface area (Å²) in [6.45, 7) is 0. The lowest BCUT2D eigenvalue weighted by molar-refractivity contribution is 0.0827. The molecule has 21 heavy (non-hydrogen) atoms. The highest BCUT2D eigenvalue weighted by Crippen LogP contribution is 2.27. The summed E-state index contributed by atoms with van der Waals surface area (Å²) in [4.78, 5) is 13.3. The maximum absolute atomic E-state index is 13.1. The smallest absolute Gasteiger partial charge is 0.253 e. The third kappa shape index (κ3) is 3.44. The molecule has 6 heteroatoms. The van der Waals surface area contributed by atoms with Crippen LogP contribution in [0, 0.1) is 5.82 Å². The van der Waals surface area contributed by atoms with Crippen LogP contribution in [0.25, 0.3) is 0 Å². The van der Waals surface area contributed by atoms with Gasteiger partial charge in [-0.15, -0.1) is 0 Å². The molecule has 3 N–H and O–H groups in total. The lowest BCUT2D eigenvalue weighted by Crippen LogP contribution is -2.21. The Bertz CT molecular complexity index is 689. The van der Waals surface area contributed by atoms with Gasteiger partial charge in [0.15, 0.2) is 0 Å². The standard InChI is InChI=1S/C15H15ClFN3O/c1-20(2)15(21)9-3-6-14(13(18)7-9)19-10-4-5-12(17)11(16)8-10/h3-8,19H,18H2,1-2H3. The number of nitrogens with two attached hydrogens (primary N) is 1. The summed E-state index contributed by atoms with van der Waals surface area (Å²) in [5, 5.41) is 3.06. The maximum Gasteiger partial charge on any atom is 0.253 e. The lowest BCUT2D eigenvalue weighted by atomic mass is 10.1. The number of rotatable bonds is 3. The van der Waals surface area contributed by atoms with Crippen LogP contribution in [0.3, 0.4) is 0 Å². The van der Waals surface area contributed by atoms with Crippen LogP contribution in [0.1, 0.15) is 10.4 Å². The van der Waals surface area contributed by atoms with Gasteiger partial charge in [0.1, 0.15) is 5.82 Å². The van der Waals surface area contributed by atoms with Gasteiger partial charge in [0.25, 0.3) is 5.91 Å². The van der Waals surface area contributed by atoms with E-state index in [1.54, 1.807) is 38.4 Å². The molecule has 4 nitrogen and oxygen atoms in total. The van der Waals surface area contributed by atoms with Crippen LogP contribution in [0.5, 0.6) is 0 Å². The predicted octanol–water partition coefficient (Wildman–Crippen LogP) is 3.51. The zero-order valence-electron chi connectivity index (χ0n) is 11.7. The van der Waals surface area contributed by atoms with Crippen LogP contribution in [0.4, 0.5) is 21.5 Å². The number of hydrogen-bond donors (Lipinski definition) is 2. The van der Waals surface area contributed by atoms with Gasteiger partial charge < -0.3 is 16.0 Å². The van der Waals surface area contributed by atoms with Crippen molar-refractivity contribution in [3.8, 4) is 0 Å². The van der Waals surface area contributed by atoms with Crippen molar-refractivity contribution in [3.63, 3.8) is 0 Å². The van der Waals surface area contributed by atoms with Crippen LogP contribution in [0.15, 0.2) is 36.4 Å². The summed E-state index contributed by atoms with van der Waals surface area (Å²) in [5.41, 5.74) is 8.08. The molecule has 1 amide bonds. The number of anilines is 3. The fourth-order valence-electron chi connectivity index (χ4n) is 1.80. The Balaban J connectivity index is 2.25. The van der Waals surface area contributed by atoms with Gasteiger partial charge in [-0.05, 0) is 36.4 Å². The number of nitrogen functional groups attached to an aromatic ring is 1. The van der Waals surface area contributed by atoms with Gasteiger partial charge in [0, 0.05) is 25.3 Å². The molecule has 0 spiro atoms. The van der Waals surface area contributed by atoms with Crippen molar-refractivity contribution in [2.45, 2.75) is 0 Å². The highest BCUT2D eigenvalue weighted by Gasteiger charge is 2.10. The highest BCUT2D eigenvalue weighted by molar-refractivity contribution is 6.31. The molecular weight excluding hydrogens is 293 g/mol. The molecule has 0 aliphatic rings. The van der Waals surface area contributed by atoms with Crippen molar-refractivity contribution < 1.29 is 9.18 Å². The van der Waals surface area contributed by atoms with Crippen molar-refractivity contribution in [3.05, 3.63) is 52.8 Å². The Morgan fingerprint density at radius 2 is 1.95 bits per heavy atom. The van der Waals surface area contributed by atoms with E-state index in [1.807, 2.05) is 0 Å². The first-order valence-corrected chi connectivity index (χ1v) is 6.59. The third-order valence-electron chi connectivity index (χ3n) is 2.90. The predicted molar refractivity (Wildman–Crippen MR) is 83.6 cm³/mol. The van der Waals surface area contributed by atoms with Crippen molar-refractivity contribution in [1.29, 1.82) is 0 Å². The van der Waals surface area contributed by atoms with Crippen molar-refractivity contribution >= 4 is 34.6 Å². The van der Waals surface area contributed by atoms with E-state index < -0.39 is 5.82 Å². The topological polar surface area (TPSA) is 58.4 Å². The second-order valence-electron chi connectivity index (χ2n) is 4.76. The molecule has 0 bridgehead atoms. The summed E-state index contributed by atoms with van der Waals surface area (Å²) >= 11 is 5.73. The second kappa shape index (κ2) is 6.01. The van der Waals surface area contributed by atoms with E-state index in [1.165, 1.54) is 17.0 Å². The number of benzene rings is 2. The minimum absolute atomic E-state index is 0.0259. The Kier molecular flexibility index (Phi) is 4.33. The number of amides is 1. The minimum Gasteiger partial charge on any atom is -0.397 e. The second-order valence-corrected chi connectivity index (χ2v) is 5.16. The molecule has 0 heterocycles. The van der Waals surface area contributed by atoms with Crippen LogP contribution >= 0.6 is 11.6 Å². The number of halogens is 2. The van der Waals surface area contributed by atoms with Gasteiger partial charge in [-0.25, -0.2) is 4.39 Å². The highest BCUT2D eigenvalue weighted by atomic mass is 35.5. The number of carbonyl (C=O) groups is 1. The first-order chi connectivity index (χ1) is 9.88. The van der Waals surface area contributed by atoms with Crippen molar-refractivity contribution in [2.24, 2.45) is 0 Å². The zero-order chi connectivity index (χ0) is 15.6. The molecule has 2 rings (SSSR count). The van der Waals surface area contributed by atoms with E-state index in [4.69, 9.17) is 17.3 Å². The number of nitrogens with one attached hydrogen (secondary N) is 1. The van der Waals surface area contributed by atoms with Gasteiger partial charge in [-0.1, -0.05) is 11.6 Å². The Morgan fingerprint density at radius 1 is 1.24 bits per heavy atom. The van der Waals surface area contributed by atoms with E-state index in [9.17, 15) is 9.18 Å². The van der Waals surface area contributed by atoms with Gasteiger partial charge in [0.05, 0.1) is 16.4 Å². The maximum atomic E-state index is 13.1. The normalized spacial score (nSPS) is 10.3. The molecule has 0 saturated heterocycles. The molecule has 0 aliphatic heterocycles. The van der Waals surface area contributed by atoms with Crippen molar-refractivity contribution in [1.82, 2.24) is 4.90 Å². The fourth-order valence-corrected chi connectivity index (χ4v) is 1.98. The monoisotopic (exact) mass is 307 g/mol. The zero-order valence-corrected chi connectivity index (χ0v) is 12.4. The Morgan fingerprint density at radius 3 is 2.52 bits per heavy atom. The molecular formula is C15H15ClFN3O. The Hall–Kier alpha value is -2.27. The van der Waals surface area contributed by atoms with Crippen LogP contribution in [0.2, 0.25) is 5.02 Å². The molecule has 2 aromatic rings. The van der Waals surface area contributed by atoms with E-state index in [2.05, 4.69) is 5.32 Å². The minimum atomic E-state index is -0.484. The first kappa shape index (κ1) is 15.1.